The van der Waals surface area contributed by atoms with Crippen LogP contribution in [0.25, 0.3) is 22.2 Å². The maximum atomic E-state index is 13.3. The number of aromatic nitrogens is 1. The van der Waals surface area contributed by atoms with Crippen LogP contribution in [-0.2, 0) is 0 Å². The molecule has 1 amide bonds. The van der Waals surface area contributed by atoms with E-state index >= 15 is 0 Å². The van der Waals surface area contributed by atoms with Gasteiger partial charge in [0.25, 0.3) is 5.91 Å². The van der Waals surface area contributed by atoms with Gasteiger partial charge >= 0.3 is 0 Å². The van der Waals surface area contributed by atoms with Gasteiger partial charge < -0.3 is 5.32 Å². The largest absolute Gasteiger partial charge is 0.345 e. The second-order valence-corrected chi connectivity index (χ2v) is 7.84. The number of hydrogen-bond donors (Lipinski definition) is 1. The van der Waals surface area contributed by atoms with E-state index in [1.807, 2.05) is 84.9 Å². The van der Waals surface area contributed by atoms with Gasteiger partial charge in [0.2, 0.25) is 0 Å². The molecule has 0 saturated heterocycles. The number of halogens is 1. The van der Waals surface area contributed by atoms with Crippen LogP contribution < -0.4 is 5.32 Å². The average molecular weight is 445 g/mol. The first-order valence-corrected chi connectivity index (χ1v) is 10.5. The fourth-order valence-electron chi connectivity index (χ4n) is 3.49. The van der Waals surface area contributed by atoms with Crippen molar-refractivity contribution in [2.75, 3.05) is 0 Å². The molecule has 0 aliphatic heterocycles. The third-order valence-corrected chi connectivity index (χ3v) is 5.49. The zero-order chi connectivity index (χ0) is 20.2. The minimum atomic E-state index is -0.0941. The molecule has 3 aromatic carbocycles. The third-order valence-electron chi connectivity index (χ3n) is 5.00. The van der Waals surface area contributed by atoms with E-state index in [1.54, 1.807) is 0 Å². The Hall–Kier alpha value is -2.98. The Morgan fingerprint density at radius 2 is 1.66 bits per heavy atom. The lowest BCUT2D eigenvalue weighted by Gasteiger charge is -2.18. The normalized spacial score (nSPS) is 11.9. The summed E-state index contributed by atoms with van der Waals surface area (Å²) in [5.74, 6) is -0.0941. The van der Waals surface area contributed by atoms with E-state index in [0.717, 1.165) is 38.6 Å². The van der Waals surface area contributed by atoms with E-state index in [1.165, 1.54) is 0 Å². The van der Waals surface area contributed by atoms with Crippen LogP contribution in [0.3, 0.4) is 0 Å². The molecule has 0 aliphatic carbocycles. The number of nitrogens with zero attached hydrogens (tertiary/aromatic N) is 1. The highest BCUT2D eigenvalue weighted by atomic mass is 79.9. The van der Waals surface area contributed by atoms with E-state index in [2.05, 4.69) is 28.2 Å². The number of carbonyl (C=O) groups is 1. The highest BCUT2D eigenvalue weighted by Crippen LogP contribution is 2.28. The molecule has 0 spiro atoms. The summed E-state index contributed by atoms with van der Waals surface area (Å²) in [6.45, 7) is 2.08. The van der Waals surface area contributed by atoms with Crippen LogP contribution in [-0.4, -0.2) is 10.9 Å². The second-order valence-electron chi connectivity index (χ2n) is 6.93. The lowest BCUT2D eigenvalue weighted by atomic mass is 10.0. The van der Waals surface area contributed by atoms with Crippen molar-refractivity contribution < 1.29 is 4.79 Å². The van der Waals surface area contributed by atoms with E-state index in [4.69, 9.17) is 4.98 Å². The molecular formula is C25H21BrN2O. The maximum Gasteiger partial charge on any atom is 0.252 e. The van der Waals surface area contributed by atoms with Crippen LogP contribution in [0.4, 0.5) is 0 Å². The molecule has 4 heteroatoms. The molecule has 0 aliphatic rings. The summed E-state index contributed by atoms with van der Waals surface area (Å²) in [4.78, 5) is 18.1. The number of pyridine rings is 1. The van der Waals surface area contributed by atoms with E-state index in [-0.39, 0.29) is 11.9 Å². The highest BCUT2D eigenvalue weighted by molar-refractivity contribution is 9.10. The summed E-state index contributed by atoms with van der Waals surface area (Å²) >= 11 is 3.52. The maximum absolute atomic E-state index is 13.3. The predicted molar refractivity (Wildman–Crippen MR) is 122 cm³/mol. The Bertz CT molecular complexity index is 1140. The Balaban J connectivity index is 1.78. The minimum Gasteiger partial charge on any atom is -0.345 e. The lowest BCUT2D eigenvalue weighted by Crippen LogP contribution is -2.28. The zero-order valence-corrected chi connectivity index (χ0v) is 17.7. The molecule has 0 radical (unpaired) electrons. The van der Waals surface area contributed by atoms with Gasteiger partial charge in [-0.2, -0.15) is 0 Å². The SMILES string of the molecule is CC[C@@H](NC(=O)c1cc(-c2ccccc2)nc2ccc(Br)cc12)c1ccccc1. The molecule has 4 rings (SSSR count). The van der Waals surface area contributed by atoms with Crippen molar-refractivity contribution in [3.8, 4) is 11.3 Å². The first-order chi connectivity index (χ1) is 14.2. The monoisotopic (exact) mass is 444 g/mol. The number of fused-ring (bicyclic) bond motifs is 1. The van der Waals surface area contributed by atoms with Gasteiger partial charge in [-0.05, 0) is 36.2 Å². The van der Waals surface area contributed by atoms with Crippen molar-refractivity contribution in [2.45, 2.75) is 19.4 Å². The van der Waals surface area contributed by atoms with Gasteiger partial charge in [0, 0.05) is 15.4 Å². The van der Waals surface area contributed by atoms with Crippen LogP contribution in [0, 0.1) is 0 Å². The first kappa shape index (κ1) is 19.3. The summed E-state index contributed by atoms with van der Waals surface area (Å²) in [7, 11) is 0. The lowest BCUT2D eigenvalue weighted by molar-refractivity contribution is 0.0937. The molecule has 3 nitrogen and oxygen atoms in total. The quantitative estimate of drug-likeness (QED) is 0.379. The second kappa shape index (κ2) is 8.58. The summed E-state index contributed by atoms with van der Waals surface area (Å²) in [6, 6.07) is 27.7. The van der Waals surface area contributed by atoms with Crippen LogP contribution in [0.2, 0.25) is 0 Å². The van der Waals surface area contributed by atoms with Crippen molar-refractivity contribution in [3.63, 3.8) is 0 Å². The van der Waals surface area contributed by atoms with Crippen LogP contribution in [0.15, 0.2) is 89.4 Å². The fraction of sp³-hybridized carbons (Fsp3) is 0.120. The van der Waals surface area contributed by atoms with Crippen molar-refractivity contribution in [2.24, 2.45) is 0 Å². The van der Waals surface area contributed by atoms with Crippen LogP contribution in [0.1, 0.15) is 35.3 Å². The molecular weight excluding hydrogens is 424 g/mol. The summed E-state index contributed by atoms with van der Waals surface area (Å²) in [5.41, 5.74) is 4.31. The molecule has 1 N–H and O–H groups in total. The van der Waals surface area contributed by atoms with E-state index < -0.39 is 0 Å². The van der Waals surface area contributed by atoms with Crippen molar-refractivity contribution in [3.05, 3.63) is 101 Å². The molecule has 0 bridgehead atoms. The van der Waals surface area contributed by atoms with Gasteiger partial charge in [-0.1, -0.05) is 83.5 Å². The number of rotatable bonds is 5. The van der Waals surface area contributed by atoms with Gasteiger partial charge in [0.1, 0.15) is 0 Å². The Morgan fingerprint density at radius 1 is 0.966 bits per heavy atom. The highest BCUT2D eigenvalue weighted by Gasteiger charge is 2.18. The predicted octanol–water partition coefficient (Wildman–Crippen LogP) is 6.55. The molecule has 29 heavy (non-hydrogen) atoms. The summed E-state index contributed by atoms with van der Waals surface area (Å²) < 4.78 is 0.920. The number of nitrogens with one attached hydrogen (secondary N) is 1. The molecule has 1 heterocycles. The summed E-state index contributed by atoms with van der Waals surface area (Å²) in [6.07, 6.45) is 0.813. The third kappa shape index (κ3) is 4.22. The Morgan fingerprint density at radius 3 is 2.34 bits per heavy atom. The molecule has 1 atom stereocenters. The molecule has 0 saturated carbocycles. The van der Waals surface area contributed by atoms with Crippen LogP contribution >= 0.6 is 15.9 Å². The zero-order valence-electron chi connectivity index (χ0n) is 16.1. The molecule has 0 unspecified atom stereocenters. The minimum absolute atomic E-state index is 0.0424. The number of benzene rings is 3. The van der Waals surface area contributed by atoms with E-state index in [9.17, 15) is 4.79 Å². The molecule has 1 aromatic heterocycles. The Labute approximate surface area is 178 Å². The smallest absolute Gasteiger partial charge is 0.252 e. The van der Waals surface area contributed by atoms with Gasteiger partial charge in [-0.25, -0.2) is 4.98 Å². The van der Waals surface area contributed by atoms with Gasteiger partial charge in [-0.3, -0.25) is 4.79 Å². The topological polar surface area (TPSA) is 42.0 Å². The van der Waals surface area contributed by atoms with Crippen molar-refractivity contribution in [1.82, 2.24) is 10.3 Å². The standard InChI is InChI=1S/C25H21BrN2O/c1-2-22(17-9-5-3-6-10-17)28-25(29)21-16-24(18-11-7-4-8-12-18)27-23-14-13-19(26)15-20(21)23/h3-16,22H,2H2,1H3,(H,28,29)/t22-/m1/s1. The van der Waals surface area contributed by atoms with Crippen molar-refractivity contribution >= 4 is 32.7 Å². The first-order valence-electron chi connectivity index (χ1n) is 9.67. The molecule has 0 fully saturated rings. The van der Waals surface area contributed by atoms with Gasteiger partial charge in [0.05, 0.1) is 22.8 Å². The molecule has 144 valence electrons. The Kier molecular flexibility index (Phi) is 5.72. The van der Waals surface area contributed by atoms with Gasteiger partial charge in [0.15, 0.2) is 0 Å². The number of amides is 1. The number of carbonyl (C=O) groups excluding carboxylic acids is 1. The van der Waals surface area contributed by atoms with E-state index in [0.29, 0.717) is 5.56 Å². The van der Waals surface area contributed by atoms with Crippen molar-refractivity contribution in [1.29, 1.82) is 0 Å². The van der Waals surface area contributed by atoms with Gasteiger partial charge in [-0.15, -0.1) is 0 Å². The average Bonchev–Trinajstić information content (AvgIpc) is 2.77. The summed E-state index contributed by atoms with van der Waals surface area (Å²) in [5, 5.41) is 4.04. The van der Waals surface area contributed by atoms with Crippen LogP contribution in [0.5, 0.6) is 0 Å². The fourth-order valence-corrected chi connectivity index (χ4v) is 3.85. The molecule has 4 aromatic rings. The number of hydrogen-bond acceptors (Lipinski definition) is 2.